The third kappa shape index (κ3) is 10.3. The number of carbonyl (C=O) groups excluding carboxylic acids is 3. The molecular weight excluding hydrogens is 915 g/mol. The van der Waals surface area contributed by atoms with E-state index in [2.05, 4.69) is 5.32 Å². The smallest absolute Gasteiger partial charge is 0.311 e. The fourth-order valence-corrected chi connectivity index (χ4v) is 13.3. The molecule has 4 aliphatic carbocycles. The predicted molar refractivity (Wildman–Crippen MR) is 253 cm³/mol. The molecule has 6 aliphatic rings. The summed E-state index contributed by atoms with van der Waals surface area (Å²) < 4.78 is 64.5. The molecule has 16 nitrogen and oxygen atoms in total. The number of nitrogens with zero attached hydrogens (tertiary/aromatic N) is 1. The van der Waals surface area contributed by atoms with Crippen molar-refractivity contribution in [1.82, 2.24) is 10.2 Å². The van der Waals surface area contributed by atoms with Crippen LogP contribution in [0.2, 0.25) is 0 Å². The molecule has 6 rings (SSSR count). The lowest BCUT2D eigenvalue weighted by molar-refractivity contribution is -0.273. The molecule has 400 valence electrons. The van der Waals surface area contributed by atoms with Gasteiger partial charge in [-0.2, -0.15) is 0 Å². The lowest BCUT2D eigenvalue weighted by atomic mass is 9.45. The Bertz CT molecular complexity index is 1950. The van der Waals surface area contributed by atoms with Crippen LogP contribution in [0.25, 0.3) is 0 Å². The van der Waals surface area contributed by atoms with Gasteiger partial charge in [0.15, 0.2) is 23.3 Å². The molecule has 19 atom stereocenters. The number of halogens is 2. The van der Waals surface area contributed by atoms with Gasteiger partial charge in [-0.05, 0) is 123 Å². The highest BCUT2D eigenvalue weighted by Gasteiger charge is 2.78. The molecule has 0 aromatic carbocycles. The number of alkyl halides is 1. The van der Waals surface area contributed by atoms with E-state index in [9.17, 15) is 45.0 Å². The molecule has 0 aromatic rings. The molecule has 70 heavy (non-hydrogen) atoms. The maximum atomic E-state index is 18.0. The Labute approximate surface area is 412 Å². The quantitative estimate of drug-likeness (QED) is 0.121. The maximum absolute atomic E-state index is 18.0. The van der Waals surface area contributed by atoms with Crippen LogP contribution in [0.3, 0.4) is 0 Å². The Morgan fingerprint density at radius 3 is 2.30 bits per heavy atom. The molecule has 0 bridgehead atoms. The minimum atomic E-state index is -2.41. The zero-order chi connectivity index (χ0) is 52.1. The number of rotatable bonds is 10. The van der Waals surface area contributed by atoms with Crippen LogP contribution in [0.15, 0.2) is 23.6 Å². The summed E-state index contributed by atoms with van der Waals surface area (Å²) >= 11 is 0. The van der Waals surface area contributed by atoms with E-state index in [0.29, 0.717) is 32.4 Å². The molecule has 2 heterocycles. The molecule has 7 N–H and O–H groups in total. The van der Waals surface area contributed by atoms with Crippen molar-refractivity contribution in [2.45, 2.75) is 217 Å². The first-order valence-corrected chi connectivity index (χ1v) is 25.7. The minimum absolute atomic E-state index is 0.0164. The van der Waals surface area contributed by atoms with Gasteiger partial charge in [0.05, 0.1) is 54.2 Å². The largest absolute Gasteiger partial charge is 0.459 e. The van der Waals surface area contributed by atoms with E-state index in [1.54, 1.807) is 55.4 Å². The van der Waals surface area contributed by atoms with Gasteiger partial charge in [-0.1, -0.05) is 26.8 Å². The number of cyclic esters (lactones) is 1. The van der Waals surface area contributed by atoms with Gasteiger partial charge in [-0.15, -0.1) is 0 Å². The molecule has 0 spiro atoms. The second-order valence-corrected chi connectivity index (χ2v) is 23.2. The SMILES string of the molecule is CC[C@H]1OC(=O)[C@H](C)[C@@H](O[C@@H]2C[C@](C)(OC)[C@H](O)CO2)[C@H](C)C[C@H](O)CCCN(CCCNC(=O)[C@@]2(OC(C)(C)C)[C@H](O)CC3C4CC(F)=C5CC(=O)C=C[C@]5(C)[C@@]4(F)[C@@H](O)C[C@@]32C)[C@H](C)[C@@H](O)[C@@H]1O. The van der Waals surface area contributed by atoms with Crippen LogP contribution in [0.1, 0.15) is 133 Å². The number of hydrogen-bond donors (Lipinski definition) is 7. The number of ether oxygens (including phenoxy) is 5. The van der Waals surface area contributed by atoms with E-state index in [1.807, 2.05) is 11.8 Å². The van der Waals surface area contributed by atoms with Crippen molar-refractivity contribution in [2.75, 3.05) is 33.4 Å². The highest BCUT2D eigenvalue weighted by atomic mass is 19.1. The van der Waals surface area contributed by atoms with Gasteiger partial charge in [0.2, 0.25) is 0 Å². The van der Waals surface area contributed by atoms with Crippen molar-refractivity contribution in [3.05, 3.63) is 23.6 Å². The van der Waals surface area contributed by atoms with Crippen molar-refractivity contribution in [1.29, 1.82) is 0 Å². The predicted octanol–water partition coefficient (Wildman–Crippen LogP) is 4.13. The fraction of sp³-hybridized carbons (Fsp3) is 0.865. The number of aliphatic hydroxyl groups is 6. The number of allylic oxidation sites excluding steroid dienone is 4. The van der Waals surface area contributed by atoms with Gasteiger partial charge in [0, 0.05) is 62.3 Å². The van der Waals surface area contributed by atoms with E-state index in [0.717, 1.165) is 0 Å². The maximum Gasteiger partial charge on any atom is 0.311 e. The van der Waals surface area contributed by atoms with Gasteiger partial charge in [-0.3, -0.25) is 19.3 Å². The average molecular weight is 999 g/mol. The normalized spacial score (nSPS) is 45.8. The topological polar surface area (TPSA) is 234 Å². The fourth-order valence-electron chi connectivity index (χ4n) is 13.3. The van der Waals surface area contributed by atoms with Crippen LogP contribution in [-0.2, 0) is 38.1 Å². The van der Waals surface area contributed by atoms with Gasteiger partial charge in [0.1, 0.15) is 24.1 Å². The molecule has 18 heteroatoms. The van der Waals surface area contributed by atoms with Crippen LogP contribution in [0.5, 0.6) is 0 Å². The summed E-state index contributed by atoms with van der Waals surface area (Å²) in [7, 11) is 1.49. The number of aliphatic hydroxyl groups excluding tert-OH is 6. The molecule has 2 unspecified atom stereocenters. The molecule has 4 fully saturated rings. The van der Waals surface area contributed by atoms with E-state index >= 15 is 8.78 Å². The summed E-state index contributed by atoms with van der Waals surface area (Å²) in [5, 5.41) is 72.3. The summed E-state index contributed by atoms with van der Waals surface area (Å²) in [5.41, 5.74) is -9.36. The van der Waals surface area contributed by atoms with Crippen molar-refractivity contribution in [2.24, 2.45) is 34.5 Å². The Balaban J connectivity index is 1.18. The average Bonchev–Trinajstić information content (AvgIpc) is 3.50. The summed E-state index contributed by atoms with van der Waals surface area (Å²) in [6.07, 6.45) is -7.19. The summed E-state index contributed by atoms with van der Waals surface area (Å²) in [4.78, 5) is 43.1. The van der Waals surface area contributed by atoms with E-state index in [4.69, 9.17) is 23.7 Å². The molecule has 2 saturated carbocycles. The number of esters is 1. The number of carbonyl (C=O) groups is 3. The molecule has 2 saturated heterocycles. The number of amides is 1. The highest BCUT2D eigenvalue weighted by molar-refractivity contribution is 5.94. The number of methoxy groups -OCH3 is 1. The van der Waals surface area contributed by atoms with Crippen molar-refractivity contribution >= 4 is 17.7 Å². The second-order valence-electron chi connectivity index (χ2n) is 23.2. The first-order chi connectivity index (χ1) is 32.5. The minimum Gasteiger partial charge on any atom is -0.459 e. The van der Waals surface area contributed by atoms with Crippen molar-refractivity contribution in [3.63, 3.8) is 0 Å². The summed E-state index contributed by atoms with van der Waals surface area (Å²) in [5.74, 6) is -5.53. The van der Waals surface area contributed by atoms with E-state index in [-0.39, 0.29) is 69.0 Å². The summed E-state index contributed by atoms with van der Waals surface area (Å²) in [6.45, 7) is 17.8. The van der Waals surface area contributed by atoms with Gasteiger partial charge >= 0.3 is 5.97 Å². The van der Waals surface area contributed by atoms with Gasteiger partial charge < -0.3 is 59.6 Å². The number of fused-ring (bicyclic) bond motifs is 5. The van der Waals surface area contributed by atoms with E-state index < -0.39 is 136 Å². The standard InChI is InChI=1S/C52H84F2N2O14/c1-12-37-43(63)42(62)30(4)56(19-13-15-31(57)21-28(2)44(29(3)45(64)68-37)69-41-26-50(10,66-11)40(61)27-67-41)20-14-18-55-46(65)52(70-47(5,6)7)38(59)24-33-34-23-36(53)35-22-32(58)16-17-48(35,8)51(34,54)39(60)25-49(33,52)9/h16-17,28-31,33-34,37-44,57,59-63H,12-15,18-27H2,1-11H3,(H,55,65)/t28-,29-,30-,31-,33?,34?,37-,38-,39+,40-,41-,42-,43-,44+,48+,49+,50+,51+,52+/m1/s1. The van der Waals surface area contributed by atoms with Crippen molar-refractivity contribution in [3.8, 4) is 0 Å². The zero-order valence-electron chi connectivity index (χ0n) is 43.3. The number of hydrogen-bond acceptors (Lipinski definition) is 15. The zero-order valence-corrected chi connectivity index (χ0v) is 43.3. The number of ketones is 1. The van der Waals surface area contributed by atoms with Crippen LogP contribution in [0, 0.1) is 34.5 Å². The van der Waals surface area contributed by atoms with Crippen LogP contribution < -0.4 is 5.32 Å². The Kier molecular flexibility index (Phi) is 17.4. The molecule has 0 aromatic heterocycles. The van der Waals surface area contributed by atoms with Crippen LogP contribution in [-0.4, -0.2) is 170 Å². The van der Waals surface area contributed by atoms with Gasteiger partial charge in [0.25, 0.3) is 5.91 Å². The van der Waals surface area contributed by atoms with Crippen LogP contribution >= 0.6 is 0 Å². The highest BCUT2D eigenvalue weighted by Crippen LogP contribution is 2.71. The summed E-state index contributed by atoms with van der Waals surface area (Å²) in [6, 6.07) is -0.692. The Hall–Kier alpha value is -2.49. The number of nitrogens with one attached hydrogen (secondary N) is 1. The van der Waals surface area contributed by atoms with Crippen LogP contribution in [0.4, 0.5) is 8.78 Å². The third-order valence-corrected chi connectivity index (χ3v) is 17.6. The Morgan fingerprint density at radius 2 is 1.66 bits per heavy atom. The second kappa shape index (κ2) is 21.4. The van der Waals surface area contributed by atoms with E-state index in [1.165, 1.54) is 26.2 Å². The van der Waals surface area contributed by atoms with Crippen molar-refractivity contribution < 1.29 is 77.5 Å². The molecule has 2 aliphatic heterocycles. The lowest BCUT2D eigenvalue weighted by Crippen LogP contribution is -2.71. The first-order valence-electron chi connectivity index (χ1n) is 25.7. The molecule has 1 amide bonds. The third-order valence-electron chi connectivity index (χ3n) is 17.6. The monoisotopic (exact) mass is 999 g/mol. The van der Waals surface area contributed by atoms with Gasteiger partial charge in [-0.25, -0.2) is 8.78 Å². The lowest BCUT2D eigenvalue weighted by Gasteiger charge is -2.62. The molecular formula is C52H84F2N2O14. The Morgan fingerprint density at radius 1 is 0.971 bits per heavy atom. The first kappa shape index (κ1) is 56.8. The molecule has 0 radical (unpaired) electrons.